The number of hydrogen-bond acceptors (Lipinski definition) is 4. The van der Waals surface area contributed by atoms with Crippen LogP contribution in [0.3, 0.4) is 0 Å². The Labute approximate surface area is 383 Å². The van der Waals surface area contributed by atoms with Crippen LogP contribution in [0.2, 0.25) is 0 Å². The minimum Gasteiger partial charge on any atom is -0.507 e. The second-order valence-electron chi connectivity index (χ2n) is 20.4. The maximum Gasteiger partial charge on any atom is 0.247 e. The Morgan fingerprint density at radius 3 is 2.17 bits per heavy atom. The van der Waals surface area contributed by atoms with Crippen LogP contribution in [0.25, 0.3) is 70.7 Å². The first-order valence-corrected chi connectivity index (χ1v) is 23.9. The van der Waals surface area contributed by atoms with Crippen molar-refractivity contribution >= 4 is 65.6 Å². The predicted molar refractivity (Wildman–Crippen MR) is 276 cm³/mol. The van der Waals surface area contributed by atoms with Crippen molar-refractivity contribution in [2.75, 3.05) is 0 Å². The van der Waals surface area contributed by atoms with E-state index in [9.17, 15) is 5.11 Å². The first-order chi connectivity index (χ1) is 30.6. The van der Waals surface area contributed by atoms with Crippen molar-refractivity contribution in [3.05, 3.63) is 149 Å². The third-order valence-electron chi connectivity index (χ3n) is 13.5. The van der Waals surface area contributed by atoms with Crippen molar-refractivity contribution in [2.24, 2.45) is 5.92 Å². The summed E-state index contributed by atoms with van der Waals surface area (Å²) in [6.45, 7) is 24.8. The van der Waals surface area contributed by atoms with E-state index >= 15 is 0 Å². The minimum atomic E-state index is -0.137. The normalized spacial score (nSPS) is 12.8. The van der Waals surface area contributed by atoms with E-state index in [-0.39, 0.29) is 17.9 Å². The number of pyridine rings is 1. The number of thiophene rings is 1. The lowest BCUT2D eigenvalue weighted by Crippen LogP contribution is -2.58. The number of aryl methyl sites for hydroxylation is 2. The molecular formula is C58H58BN3OS. The molecule has 10 rings (SSSR count). The van der Waals surface area contributed by atoms with E-state index in [2.05, 4.69) is 177 Å². The van der Waals surface area contributed by atoms with Gasteiger partial charge in [-0.2, -0.15) is 0 Å². The van der Waals surface area contributed by atoms with Gasteiger partial charge in [0.25, 0.3) is 0 Å². The number of fused-ring (bicyclic) bond motifs is 5. The van der Waals surface area contributed by atoms with Gasteiger partial charge in [-0.25, -0.2) is 4.98 Å². The van der Waals surface area contributed by atoms with E-state index in [1.54, 1.807) is 0 Å². The summed E-state index contributed by atoms with van der Waals surface area (Å²) in [6, 6.07) is 40.9. The monoisotopic (exact) mass is 855 g/mol. The van der Waals surface area contributed by atoms with Gasteiger partial charge in [-0.1, -0.05) is 141 Å². The molecule has 0 spiro atoms. The zero-order valence-electron chi connectivity index (χ0n) is 39.2. The molecule has 0 saturated carbocycles. The maximum absolute atomic E-state index is 11.9. The summed E-state index contributed by atoms with van der Waals surface area (Å²) < 4.78 is 4.87. The lowest BCUT2D eigenvalue weighted by atomic mass is 9.33. The van der Waals surface area contributed by atoms with Crippen LogP contribution in [0, 0.1) is 19.8 Å². The number of aromatic hydroxyl groups is 1. The maximum atomic E-state index is 11.9. The average molecular weight is 856 g/mol. The number of benzene rings is 6. The molecule has 0 bridgehead atoms. The molecule has 0 amide bonds. The molecule has 4 nitrogen and oxygen atoms in total. The third-order valence-corrected chi connectivity index (χ3v) is 14.7. The van der Waals surface area contributed by atoms with Gasteiger partial charge in [0.1, 0.15) is 11.6 Å². The van der Waals surface area contributed by atoms with Gasteiger partial charge in [-0.05, 0) is 130 Å². The first-order valence-electron chi connectivity index (χ1n) is 23.1. The molecule has 0 fully saturated rings. The number of para-hydroxylation sites is 1. The fourth-order valence-corrected chi connectivity index (χ4v) is 11.7. The van der Waals surface area contributed by atoms with Crippen molar-refractivity contribution in [1.29, 1.82) is 0 Å². The Morgan fingerprint density at radius 1 is 0.719 bits per heavy atom. The number of nitrogens with zero attached hydrogens (tertiary/aromatic N) is 3. The third kappa shape index (κ3) is 6.88. The number of aromatic nitrogens is 3. The highest BCUT2D eigenvalue weighted by molar-refractivity contribution is 7.26. The van der Waals surface area contributed by atoms with Crippen LogP contribution in [0.1, 0.15) is 108 Å². The molecule has 0 saturated heterocycles. The minimum absolute atomic E-state index is 0.0130. The number of phenolic OH excluding ortho intramolecular Hbond substituents is 1. The second-order valence-corrected chi connectivity index (χ2v) is 21.5. The average Bonchev–Trinajstić information content (AvgIpc) is 3.84. The standard InChI is InChI=1S/C58H58BN3OS/c1-32(2)25-37-19-20-44-45-23-24-60-52(56(45)64-50(44)28-37)39-29-38(30-40(31-39)58(9,10)11)43-21-22-48-54-53(43)61-57(46-27-35(7)26-36(8)55(46)63)62(54)49-18-13-12-17-47(49)59(48)51-41(33(3)4)15-14-16-42(51)34(5)6/h12-24,26-34,63H,25H2,1-11H3. The summed E-state index contributed by atoms with van der Waals surface area (Å²) in [5, 5.41) is 14.4. The Bertz CT molecular complexity index is 3300. The molecule has 6 aromatic carbocycles. The van der Waals surface area contributed by atoms with E-state index < -0.39 is 0 Å². The zero-order valence-corrected chi connectivity index (χ0v) is 40.0. The fourth-order valence-electron chi connectivity index (χ4n) is 10.5. The Morgan fingerprint density at radius 2 is 1.45 bits per heavy atom. The van der Waals surface area contributed by atoms with E-state index in [0.717, 1.165) is 68.0 Å². The van der Waals surface area contributed by atoms with Crippen LogP contribution in [-0.4, -0.2) is 26.4 Å². The number of rotatable bonds is 8. The van der Waals surface area contributed by atoms with Gasteiger partial charge < -0.3 is 5.11 Å². The van der Waals surface area contributed by atoms with E-state index in [1.807, 2.05) is 30.5 Å². The van der Waals surface area contributed by atoms with E-state index in [1.165, 1.54) is 58.8 Å². The quantitative estimate of drug-likeness (QED) is 0.155. The summed E-state index contributed by atoms with van der Waals surface area (Å²) in [5.41, 5.74) is 19.2. The zero-order chi connectivity index (χ0) is 44.9. The number of hydrogen-bond donors (Lipinski definition) is 1. The Balaban J connectivity index is 1.28. The highest BCUT2D eigenvalue weighted by Crippen LogP contribution is 2.44. The van der Waals surface area contributed by atoms with Gasteiger partial charge in [-0.15, -0.1) is 11.3 Å². The summed E-state index contributed by atoms with van der Waals surface area (Å²) in [6.07, 6.45) is 3.05. The van der Waals surface area contributed by atoms with E-state index in [0.29, 0.717) is 17.8 Å². The SMILES string of the molecule is Cc1cc(C)c(O)c(-c2nc3c(-c4cc(-c5nccc6c5sc5cc(CC(C)C)ccc56)cc(C(C)(C)C)c4)ccc4c3n2-c2ccccc2B4c2c(C(C)C)cccc2C(C)C)c1. The van der Waals surface area contributed by atoms with Gasteiger partial charge in [0, 0.05) is 38.5 Å². The predicted octanol–water partition coefficient (Wildman–Crippen LogP) is 13.7. The molecule has 6 heteroatoms. The van der Waals surface area contributed by atoms with Crippen LogP contribution in [0.15, 0.2) is 115 Å². The van der Waals surface area contributed by atoms with Crippen molar-refractivity contribution < 1.29 is 5.11 Å². The summed E-state index contributed by atoms with van der Waals surface area (Å²) in [7, 11) is 0. The second kappa shape index (κ2) is 15.6. The molecule has 64 heavy (non-hydrogen) atoms. The summed E-state index contributed by atoms with van der Waals surface area (Å²) in [5.74, 6) is 2.29. The van der Waals surface area contributed by atoms with Gasteiger partial charge in [0.05, 0.1) is 27.0 Å². The Kier molecular flexibility index (Phi) is 10.3. The molecule has 4 heterocycles. The first kappa shape index (κ1) is 42.0. The van der Waals surface area contributed by atoms with Gasteiger partial charge in [0.15, 0.2) is 0 Å². The molecule has 0 atom stereocenters. The molecular weight excluding hydrogens is 798 g/mol. The van der Waals surface area contributed by atoms with Crippen molar-refractivity contribution in [1.82, 2.24) is 14.5 Å². The molecule has 1 aliphatic heterocycles. The number of phenols is 1. The van der Waals surface area contributed by atoms with Gasteiger partial charge >= 0.3 is 0 Å². The smallest absolute Gasteiger partial charge is 0.247 e. The fraction of sp³-hybridized carbons (Fsp3) is 0.276. The lowest BCUT2D eigenvalue weighted by Gasteiger charge is -2.31. The van der Waals surface area contributed by atoms with Gasteiger partial charge in [0.2, 0.25) is 6.71 Å². The summed E-state index contributed by atoms with van der Waals surface area (Å²) in [4.78, 5) is 10.9. The van der Waals surface area contributed by atoms with Crippen LogP contribution in [0.5, 0.6) is 5.75 Å². The van der Waals surface area contributed by atoms with Crippen molar-refractivity contribution in [2.45, 2.75) is 99.8 Å². The lowest BCUT2D eigenvalue weighted by molar-refractivity contribution is 0.472. The van der Waals surface area contributed by atoms with Gasteiger partial charge in [-0.3, -0.25) is 9.55 Å². The van der Waals surface area contributed by atoms with Crippen LogP contribution >= 0.6 is 11.3 Å². The Hall–Kier alpha value is -5.98. The molecule has 9 aromatic rings. The molecule has 0 aliphatic carbocycles. The van der Waals surface area contributed by atoms with Crippen LogP contribution in [0.4, 0.5) is 0 Å². The van der Waals surface area contributed by atoms with Crippen LogP contribution < -0.4 is 16.4 Å². The molecule has 0 radical (unpaired) electrons. The highest BCUT2D eigenvalue weighted by Gasteiger charge is 2.38. The molecule has 0 unspecified atom stereocenters. The summed E-state index contributed by atoms with van der Waals surface area (Å²) >= 11 is 1.86. The number of imidazole rings is 1. The largest absolute Gasteiger partial charge is 0.507 e. The van der Waals surface area contributed by atoms with E-state index in [4.69, 9.17) is 9.97 Å². The van der Waals surface area contributed by atoms with Crippen molar-refractivity contribution in [3.8, 4) is 45.2 Å². The van der Waals surface area contributed by atoms with Crippen LogP contribution in [-0.2, 0) is 11.8 Å². The topological polar surface area (TPSA) is 50.9 Å². The highest BCUT2D eigenvalue weighted by atomic mass is 32.1. The molecule has 320 valence electrons. The molecule has 1 aliphatic rings. The van der Waals surface area contributed by atoms with Crippen molar-refractivity contribution in [3.63, 3.8) is 0 Å². The molecule has 1 N–H and O–H groups in total. The molecule has 3 aromatic heterocycles.